The Kier molecular flexibility index (Phi) is 5.72. The van der Waals surface area contributed by atoms with Gasteiger partial charge in [-0.05, 0) is 33.7 Å². The second-order valence-corrected chi connectivity index (χ2v) is 7.77. The van der Waals surface area contributed by atoms with E-state index < -0.39 is 9.84 Å². The topological polar surface area (TPSA) is 63.4 Å². The zero-order valence-corrected chi connectivity index (χ0v) is 11.9. The van der Waals surface area contributed by atoms with Gasteiger partial charge in [0.25, 0.3) is 0 Å². The summed E-state index contributed by atoms with van der Waals surface area (Å²) in [5.41, 5.74) is 5.68. The normalized spacial score (nSPS) is 26.9. The summed E-state index contributed by atoms with van der Waals surface area (Å²) in [5, 5.41) is -0.205. The van der Waals surface area contributed by atoms with Crippen LogP contribution < -0.4 is 5.73 Å². The van der Waals surface area contributed by atoms with Crippen LogP contribution >= 0.6 is 12.4 Å². The highest BCUT2D eigenvalue weighted by atomic mass is 35.5. The van der Waals surface area contributed by atoms with Crippen molar-refractivity contribution in [2.45, 2.75) is 38.0 Å². The van der Waals surface area contributed by atoms with E-state index in [-0.39, 0.29) is 28.9 Å². The molecule has 1 heterocycles. The molecule has 0 aromatic carbocycles. The van der Waals surface area contributed by atoms with Crippen molar-refractivity contribution >= 4 is 22.2 Å². The van der Waals surface area contributed by atoms with Gasteiger partial charge in [-0.1, -0.05) is 0 Å². The molecule has 0 saturated carbocycles. The molecule has 2 N–H and O–H groups in total. The molecule has 1 atom stereocenters. The summed E-state index contributed by atoms with van der Waals surface area (Å²) in [7, 11) is -2.87. The number of nitrogens with two attached hydrogens (primary N) is 1. The summed E-state index contributed by atoms with van der Waals surface area (Å²) in [5.74, 6) is 0.268. The number of nitrogens with zero attached hydrogens (tertiary/aromatic N) is 1. The Labute approximate surface area is 105 Å². The van der Waals surface area contributed by atoms with Crippen molar-refractivity contribution in [3.63, 3.8) is 0 Å². The maximum Gasteiger partial charge on any atom is 0.154 e. The highest BCUT2D eigenvalue weighted by Gasteiger charge is 2.27. The molecule has 1 fully saturated rings. The van der Waals surface area contributed by atoms with Crippen LogP contribution in [-0.4, -0.2) is 49.5 Å². The molecular weight excluding hydrogens is 248 g/mol. The van der Waals surface area contributed by atoms with E-state index in [0.717, 1.165) is 19.5 Å². The van der Waals surface area contributed by atoms with E-state index in [9.17, 15) is 8.42 Å². The van der Waals surface area contributed by atoms with Crippen LogP contribution in [0, 0.1) is 0 Å². The molecule has 4 nitrogen and oxygen atoms in total. The second kappa shape index (κ2) is 5.67. The number of halogens is 1. The third-order valence-electron chi connectivity index (χ3n) is 2.79. The lowest BCUT2D eigenvalue weighted by molar-refractivity contribution is 0.238. The Morgan fingerprint density at radius 3 is 2.44 bits per heavy atom. The highest BCUT2D eigenvalue weighted by Crippen LogP contribution is 2.14. The summed E-state index contributed by atoms with van der Waals surface area (Å²) in [6.45, 7) is 7.95. The Hall–Kier alpha value is 0.160. The fourth-order valence-corrected chi connectivity index (χ4v) is 3.23. The number of hydrogen-bond donors (Lipinski definition) is 1. The molecule has 1 aliphatic heterocycles. The maximum absolute atomic E-state index is 11.7. The largest absolute Gasteiger partial charge is 0.324 e. The van der Waals surface area contributed by atoms with Crippen molar-refractivity contribution in [1.82, 2.24) is 4.90 Å². The molecule has 6 heteroatoms. The zero-order valence-electron chi connectivity index (χ0n) is 10.3. The van der Waals surface area contributed by atoms with Gasteiger partial charge in [-0.15, -0.1) is 12.4 Å². The monoisotopic (exact) mass is 270 g/mol. The molecule has 0 radical (unpaired) electrons. The zero-order chi connectivity index (χ0) is 11.7. The SMILES string of the molecule is CC1CCN(CC(C)(C)N)CCS1(=O)=O.Cl. The molecule has 1 saturated heterocycles. The molecule has 0 amide bonds. The molecule has 1 rings (SSSR count). The lowest BCUT2D eigenvalue weighted by Crippen LogP contribution is -2.46. The van der Waals surface area contributed by atoms with Gasteiger partial charge < -0.3 is 10.6 Å². The van der Waals surface area contributed by atoms with Crippen LogP contribution in [0.5, 0.6) is 0 Å². The van der Waals surface area contributed by atoms with Crippen molar-refractivity contribution < 1.29 is 8.42 Å². The summed E-state index contributed by atoms with van der Waals surface area (Å²) in [4.78, 5) is 2.15. The molecule has 98 valence electrons. The standard InChI is InChI=1S/C10H22N2O2S.ClH/c1-9-4-5-12(8-10(2,3)11)6-7-15(9,13)14;/h9H,4-8,11H2,1-3H3;1H. The van der Waals surface area contributed by atoms with Crippen molar-refractivity contribution in [2.24, 2.45) is 5.73 Å². The minimum atomic E-state index is -2.87. The van der Waals surface area contributed by atoms with E-state index in [0.29, 0.717) is 6.54 Å². The summed E-state index contributed by atoms with van der Waals surface area (Å²) in [6, 6.07) is 0. The third-order valence-corrected chi connectivity index (χ3v) is 5.00. The van der Waals surface area contributed by atoms with E-state index in [1.54, 1.807) is 6.92 Å². The molecular formula is C10H23ClN2O2S. The van der Waals surface area contributed by atoms with Crippen LogP contribution in [-0.2, 0) is 9.84 Å². The van der Waals surface area contributed by atoms with Gasteiger partial charge in [0, 0.05) is 18.6 Å². The summed E-state index contributed by atoms with van der Waals surface area (Å²) in [6.07, 6.45) is 0.721. The lowest BCUT2D eigenvalue weighted by Gasteiger charge is -2.28. The fraction of sp³-hybridized carbons (Fsp3) is 1.00. The average Bonchev–Trinajstić information content (AvgIpc) is 2.16. The summed E-state index contributed by atoms with van der Waals surface area (Å²) >= 11 is 0. The molecule has 0 aromatic rings. The van der Waals surface area contributed by atoms with Crippen LogP contribution in [0.1, 0.15) is 27.2 Å². The van der Waals surface area contributed by atoms with Gasteiger partial charge in [-0.3, -0.25) is 0 Å². The predicted molar refractivity (Wildman–Crippen MR) is 69.8 cm³/mol. The first-order valence-electron chi connectivity index (χ1n) is 5.43. The first kappa shape index (κ1) is 16.2. The van der Waals surface area contributed by atoms with Crippen LogP contribution in [0.25, 0.3) is 0 Å². The minimum Gasteiger partial charge on any atom is -0.324 e. The van der Waals surface area contributed by atoms with E-state index in [4.69, 9.17) is 5.73 Å². The van der Waals surface area contributed by atoms with Crippen molar-refractivity contribution in [1.29, 1.82) is 0 Å². The van der Waals surface area contributed by atoms with E-state index >= 15 is 0 Å². The lowest BCUT2D eigenvalue weighted by atomic mass is 10.1. The van der Waals surface area contributed by atoms with Crippen molar-refractivity contribution in [3.8, 4) is 0 Å². The van der Waals surface area contributed by atoms with E-state index in [1.807, 2.05) is 13.8 Å². The number of sulfone groups is 1. The average molecular weight is 271 g/mol. The second-order valence-electron chi connectivity index (χ2n) is 5.23. The highest BCUT2D eigenvalue weighted by molar-refractivity contribution is 7.92. The maximum atomic E-state index is 11.7. The Morgan fingerprint density at radius 1 is 1.38 bits per heavy atom. The van der Waals surface area contributed by atoms with E-state index in [1.165, 1.54) is 0 Å². The molecule has 0 aromatic heterocycles. The van der Waals surface area contributed by atoms with Gasteiger partial charge in [0.05, 0.1) is 11.0 Å². The van der Waals surface area contributed by atoms with Gasteiger partial charge in [-0.2, -0.15) is 0 Å². The van der Waals surface area contributed by atoms with E-state index in [2.05, 4.69) is 4.90 Å². The van der Waals surface area contributed by atoms with Gasteiger partial charge >= 0.3 is 0 Å². The van der Waals surface area contributed by atoms with Crippen molar-refractivity contribution in [2.75, 3.05) is 25.4 Å². The van der Waals surface area contributed by atoms with Gasteiger partial charge in [-0.25, -0.2) is 8.42 Å². The first-order chi connectivity index (χ1) is 6.71. The predicted octanol–water partition coefficient (Wildman–Crippen LogP) is 0.655. The van der Waals surface area contributed by atoms with Crippen LogP contribution in [0.3, 0.4) is 0 Å². The minimum absolute atomic E-state index is 0. The molecule has 16 heavy (non-hydrogen) atoms. The number of hydrogen-bond acceptors (Lipinski definition) is 4. The van der Waals surface area contributed by atoms with Crippen LogP contribution in [0.2, 0.25) is 0 Å². The van der Waals surface area contributed by atoms with Gasteiger partial charge in [0.15, 0.2) is 9.84 Å². The Bertz CT molecular complexity index is 311. The van der Waals surface area contributed by atoms with Crippen LogP contribution in [0.4, 0.5) is 0 Å². The number of rotatable bonds is 2. The van der Waals surface area contributed by atoms with Gasteiger partial charge in [0.1, 0.15) is 0 Å². The molecule has 0 bridgehead atoms. The Balaban J connectivity index is 0.00000225. The Morgan fingerprint density at radius 2 is 1.94 bits per heavy atom. The smallest absolute Gasteiger partial charge is 0.154 e. The summed E-state index contributed by atoms with van der Waals surface area (Å²) < 4.78 is 23.3. The molecule has 1 unspecified atom stereocenters. The quantitative estimate of drug-likeness (QED) is 0.801. The van der Waals surface area contributed by atoms with Gasteiger partial charge in [0.2, 0.25) is 0 Å². The molecule has 0 aliphatic carbocycles. The first-order valence-corrected chi connectivity index (χ1v) is 7.15. The third kappa shape index (κ3) is 4.99. The van der Waals surface area contributed by atoms with Crippen molar-refractivity contribution in [3.05, 3.63) is 0 Å². The molecule has 0 spiro atoms. The molecule has 1 aliphatic rings. The fourth-order valence-electron chi connectivity index (χ4n) is 1.85. The van der Waals surface area contributed by atoms with Crippen LogP contribution in [0.15, 0.2) is 0 Å².